The molecule has 0 unspecified atom stereocenters. The maximum atomic E-state index is 11.3. The van der Waals surface area contributed by atoms with Crippen molar-refractivity contribution in [1.29, 1.82) is 0 Å². The quantitative estimate of drug-likeness (QED) is 0.433. The van der Waals surface area contributed by atoms with E-state index in [9.17, 15) is 9.59 Å². The fourth-order valence-electron chi connectivity index (χ4n) is 0.734. The third-order valence-corrected chi connectivity index (χ3v) is 7.77. The molecule has 7 heteroatoms. The van der Waals surface area contributed by atoms with Crippen LogP contribution >= 0.6 is 12.2 Å². The van der Waals surface area contributed by atoms with Crippen LogP contribution in [0.5, 0.6) is 0 Å². The van der Waals surface area contributed by atoms with Gasteiger partial charge in [0, 0.05) is 0 Å². The van der Waals surface area contributed by atoms with E-state index in [0.717, 1.165) is 2.26 Å². The topological polar surface area (TPSA) is 52.6 Å². The third kappa shape index (κ3) is 2.43. The molecule has 0 aliphatic rings. The van der Waals surface area contributed by atoms with Gasteiger partial charge in [-0.3, -0.25) is 0 Å². The van der Waals surface area contributed by atoms with Crippen LogP contribution in [0.4, 0.5) is 0 Å². The summed E-state index contributed by atoms with van der Waals surface area (Å²) in [5, 5.41) is 0. The average molecular weight is 344 g/mol. The van der Waals surface area contributed by atoms with Crippen molar-refractivity contribution < 1.29 is 19.1 Å². The molecule has 0 bridgehead atoms. The van der Waals surface area contributed by atoms with E-state index < -0.39 is 11.9 Å². The molecule has 0 radical (unpaired) electrons. The van der Waals surface area contributed by atoms with Gasteiger partial charge in [0.15, 0.2) is 0 Å². The number of esters is 2. The normalized spacial score (nSPS) is 9.57. The summed E-state index contributed by atoms with van der Waals surface area (Å²) < 4.78 is 10.7. The summed E-state index contributed by atoms with van der Waals surface area (Å²) in [4.78, 5) is 22.5. The van der Waals surface area contributed by atoms with Gasteiger partial charge in [0.25, 0.3) is 0 Å². The Bertz CT molecular complexity index is 383. The number of carbonyl (C=O) groups is 2. The molecular formula is C7H6O4SSe2. The molecule has 1 aromatic heterocycles. The van der Waals surface area contributed by atoms with Gasteiger partial charge < -0.3 is 0 Å². The number of rotatable bonds is 2. The molecule has 14 heavy (non-hydrogen) atoms. The molecule has 1 rings (SSSR count). The molecule has 0 aliphatic heterocycles. The minimum absolute atomic E-state index is 0.216. The molecule has 0 saturated heterocycles. The van der Waals surface area contributed by atoms with Gasteiger partial charge in [-0.05, 0) is 0 Å². The molecule has 0 aromatic carbocycles. The molecule has 0 fully saturated rings. The van der Waals surface area contributed by atoms with Gasteiger partial charge in [-0.15, -0.1) is 0 Å². The molecule has 0 N–H and O–H groups in total. The van der Waals surface area contributed by atoms with Crippen molar-refractivity contribution in [1.82, 2.24) is 0 Å². The van der Waals surface area contributed by atoms with E-state index in [1.54, 1.807) is 0 Å². The Hall–Kier alpha value is -0.191. The summed E-state index contributed by atoms with van der Waals surface area (Å²) >= 11 is 4.57. The van der Waals surface area contributed by atoms with E-state index >= 15 is 0 Å². The minimum atomic E-state index is -0.466. The van der Waals surface area contributed by atoms with Crippen LogP contribution in [0, 0.1) is 2.26 Å². The first-order chi connectivity index (χ1) is 6.60. The SMILES string of the molecule is COC(=O)c1[se]c(=S)[se]c1C(=O)OC. The van der Waals surface area contributed by atoms with Crippen LogP contribution in [0.2, 0.25) is 0 Å². The third-order valence-electron chi connectivity index (χ3n) is 1.32. The summed E-state index contributed by atoms with van der Waals surface area (Å²) in [5.41, 5.74) is 0. The summed E-state index contributed by atoms with van der Waals surface area (Å²) in [6, 6.07) is 0. The molecule has 0 amide bonds. The maximum absolute atomic E-state index is 11.3. The Kier molecular flexibility index (Phi) is 4.28. The molecule has 76 valence electrons. The molecule has 1 aromatic rings. The fourth-order valence-corrected chi connectivity index (χ4v) is 7.00. The first kappa shape index (κ1) is 11.9. The second-order valence-corrected chi connectivity index (χ2v) is 9.26. The van der Waals surface area contributed by atoms with Gasteiger partial charge in [-0.2, -0.15) is 0 Å². The second-order valence-electron chi connectivity index (χ2n) is 2.10. The van der Waals surface area contributed by atoms with Crippen molar-refractivity contribution in [2.24, 2.45) is 0 Å². The van der Waals surface area contributed by atoms with E-state index in [0.29, 0.717) is 8.87 Å². The average Bonchev–Trinajstić information content (AvgIpc) is 2.58. The summed E-state index contributed by atoms with van der Waals surface area (Å²) in [6.07, 6.45) is 0. The Balaban J connectivity index is 3.22. The first-order valence-electron chi connectivity index (χ1n) is 3.40. The molecule has 0 spiro atoms. The fraction of sp³-hybridized carbons (Fsp3) is 0.286. The Morgan fingerprint density at radius 1 is 1.07 bits per heavy atom. The van der Waals surface area contributed by atoms with Crippen LogP contribution < -0.4 is 0 Å². The van der Waals surface area contributed by atoms with Crippen LogP contribution in [0.3, 0.4) is 0 Å². The van der Waals surface area contributed by atoms with Crippen LogP contribution in [0.1, 0.15) is 18.5 Å². The van der Waals surface area contributed by atoms with Crippen molar-refractivity contribution >= 4 is 53.2 Å². The molecule has 4 nitrogen and oxygen atoms in total. The van der Waals surface area contributed by atoms with E-state index in [1.807, 2.05) is 0 Å². The van der Waals surface area contributed by atoms with Gasteiger partial charge in [-0.25, -0.2) is 0 Å². The summed E-state index contributed by atoms with van der Waals surface area (Å²) in [5.74, 6) is -0.931. The van der Waals surface area contributed by atoms with Gasteiger partial charge >= 0.3 is 97.6 Å². The number of ether oxygens (including phenoxy) is 2. The Morgan fingerprint density at radius 2 is 1.43 bits per heavy atom. The molecule has 0 aliphatic carbocycles. The van der Waals surface area contributed by atoms with E-state index in [2.05, 4.69) is 9.47 Å². The standard InChI is InChI=1S/C7H6O4SSe2/c1-10-5(8)3-4(6(9)11-2)14-7(12)13-3/h1-2H3. The summed E-state index contributed by atoms with van der Waals surface area (Å²) in [6.45, 7) is 0. The van der Waals surface area contributed by atoms with Crippen LogP contribution in [0.15, 0.2) is 0 Å². The molecular weight excluding hydrogens is 338 g/mol. The summed E-state index contributed by atoms with van der Waals surface area (Å²) in [7, 11) is 2.57. The molecule has 1 heterocycles. The van der Waals surface area contributed by atoms with E-state index in [-0.39, 0.29) is 29.0 Å². The number of hydrogen-bond acceptors (Lipinski definition) is 5. The van der Waals surface area contributed by atoms with Crippen LogP contribution in [-0.2, 0) is 9.47 Å². The monoisotopic (exact) mass is 346 g/mol. The van der Waals surface area contributed by atoms with Crippen molar-refractivity contribution in [3.05, 3.63) is 11.1 Å². The number of carbonyl (C=O) groups excluding carboxylic acids is 2. The van der Waals surface area contributed by atoms with Crippen molar-refractivity contribution in [3.8, 4) is 0 Å². The Labute approximate surface area is 97.3 Å². The van der Waals surface area contributed by atoms with Crippen LogP contribution in [-0.4, -0.2) is 55.2 Å². The Morgan fingerprint density at radius 3 is 1.71 bits per heavy atom. The first-order valence-corrected chi connectivity index (χ1v) is 7.24. The molecule has 0 atom stereocenters. The molecule has 0 saturated carbocycles. The zero-order valence-corrected chi connectivity index (χ0v) is 11.6. The van der Waals surface area contributed by atoms with E-state index in [4.69, 9.17) is 12.2 Å². The zero-order chi connectivity index (χ0) is 10.7. The number of methoxy groups -OCH3 is 2. The van der Waals surface area contributed by atoms with E-state index in [1.165, 1.54) is 14.2 Å². The van der Waals surface area contributed by atoms with Gasteiger partial charge in [0.2, 0.25) is 0 Å². The van der Waals surface area contributed by atoms with Gasteiger partial charge in [-0.1, -0.05) is 0 Å². The zero-order valence-electron chi connectivity index (χ0n) is 7.36. The second kappa shape index (κ2) is 5.05. The van der Waals surface area contributed by atoms with Crippen LogP contribution in [0.25, 0.3) is 0 Å². The van der Waals surface area contributed by atoms with Gasteiger partial charge in [0.05, 0.1) is 0 Å². The van der Waals surface area contributed by atoms with Gasteiger partial charge in [0.1, 0.15) is 0 Å². The van der Waals surface area contributed by atoms with Crippen molar-refractivity contribution in [2.75, 3.05) is 14.2 Å². The van der Waals surface area contributed by atoms with Crippen molar-refractivity contribution in [2.45, 2.75) is 0 Å². The predicted molar refractivity (Wildman–Crippen MR) is 53.8 cm³/mol. The predicted octanol–water partition coefficient (Wildman–Crippen LogP) is 0.103. The number of hydrogen-bond donors (Lipinski definition) is 0. The van der Waals surface area contributed by atoms with Crippen molar-refractivity contribution in [3.63, 3.8) is 0 Å².